The number of anilines is 2. The Bertz CT molecular complexity index is 1140. The van der Waals surface area contributed by atoms with E-state index in [0.717, 1.165) is 22.8 Å². The average Bonchev–Trinajstić information content (AvgIpc) is 3.09. The molecular formula is C26H31N3O7. The Balaban J connectivity index is 1.96. The quantitative estimate of drug-likeness (QED) is 0.234. The minimum absolute atomic E-state index is 0.0277. The van der Waals surface area contributed by atoms with Crippen molar-refractivity contribution in [2.45, 2.75) is 39.5 Å². The molecule has 36 heavy (non-hydrogen) atoms. The van der Waals surface area contributed by atoms with Crippen LogP contribution in [-0.4, -0.2) is 53.9 Å². The monoisotopic (exact) mass is 497 g/mol. The van der Waals surface area contributed by atoms with Crippen molar-refractivity contribution >= 4 is 35.3 Å². The van der Waals surface area contributed by atoms with Crippen molar-refractivity contribution in [3.63, 3.8) is 0 Å². The Morgan fingerprint density at radius 3 is 2.39 bits per heavy atom. The fourth-order valence-electron chi connectivity index (χ4n) is 4.21. The van der Waals surface area contributed by atoms with E-state index >= 15 is 0 Å². The van der Waals surface area contributed by atoms with E-state index in [1.54, 1.807) is 30.3 Å². The van der Waals surface area contributed by atoms with Crippen molar-refractivity contribution in [1.29, 1.82) is 0 Å². The summed E-state index contributed by atoms with van der Waals surface area (Å²) in [4.78, 5) is 52.1. The molecule has 10 nitrogen and oxygen atoms in total. The van der Waals surface area contributed by atoms with Crippen LogP contribution in [0.5, 0.6) is 0 Å². The highest BCUT2D eigenvalue weighted by atomic mass is 16.6. The Kier molecular flexibility index (Phi) is 8.11. The largest absolute Gasteiger partial charge is 0.590 e. The van der Waals surface area contributed by atoms with Gasteiger partial charge < -0.3 is 15.1 Å². The van der Waals surface area contributed by atoms with Gasteiger partial charge in [-0.25, -0.2) is 19.4 Å². The number of amides is 3. The highest BCUT2D eigenvalue weighted by Gasteiger charge is 2.62. The zero-order chi connectivity index (χ0) is 26.5. The van der Waals surface area contributed by atoms with E-state index in [2.05, 4.69) is 0 Å². The van der Waals surface area contributed by atoms with Crippen LogP contribution in [0.25, 0.3) is 0 Å². The van der Waals surface area contributed by atoms with Crippen LogP contribution in [0.1, 0.15) is 49.9 Å². The van der Waals surface area contributed by atoms with Crippen LogP contribution in [0.3, 0.4) is 0 Å². The second kappa shape index (κ2) is 10.9. The smallest absolute Gasteiger partial charge is 0.456 e. The lowest BCUT2D eigenvalue weighted by Gasteiger charge is -2.41. The number of hydrogen-bond donors (Lipinski definition) is 1. The molecule has 0 aromatic heterocycles. The molecule has 2 atom stereocenters. The standard InChI is InChI=1S/C26H31N3O7/c1-4-5-7-16-22(30)36-18-26(2)17-28(19-12-8-6-9-13-19)29(35,24(26)33)25(34)27(3)21-15-11-10-14-20(21)23(31)32/h6,8-15H,4-5,7,16-18H2,1-3H3,(H,31,32). The highest BCUT2D eigenvalue weighted by molar-refractivity contribution is 6.03. The van der Waals surface area contributed by atoms with Gasteiger partial charge in [-0.2, -0.15) is 0 Å². The number of hydroxylamine groups is 2. The van der Waals surface area contributed by atoms with Crippen LogP contribution in [0.4, 0.5) is 16.2 Å². The number of aromatic carboxylic acids is 1. The molecule has 3 rings (SSSR count). The molecule has 2 aromatic carbocycles. The number of ether oxygens (including phenoxy) is 1. The van der Waals surface area contributed by atoms with Crippen LogP contribution >= 0.6 is 0 Å². The number of nitrogens with zero attached hydrogens (tertiary/aromatic N) is 3. The Morgan fingerprint density at radius 2 is 1.75 bits per heavy atom. The minimum atomic E-state index is -2.02. The number of unbranched alkanes of at least 4 members (excludes halogenated alkanes) is 2. The van der Waals surface area contributed by atoms with Crippen molar-refractivity contribution in [3.8, 4) is 0 Å². The van der Waals surface area contributed by atoms with Crippen molar-refractivity contribution in [2.75, 3.05) is 30.1 Å². The molecular weight excluding hydrogens is 466 g/mol. The number of carbonyl (C=O) groups is 4. The Labute approximate surface area is 209 Å². The lowest BCUT2D eigenvalue weighted by atomic mass is 9.92. The van der Waals surface area contributed by atoms with Crippen LogP contribution in [-0.2, 0) is 14.3 Å². The molecule has 1 fully saturated rings. The Morgan fingerprint density at radius 1 is 1.11 bits per heavy atom. The van der Waals surface area contributed by atoms with Crippen LogP contribution in [0.15, 0.2) is 54.6 Å². The van der Waals surface area contributed by atoms with Gasteiger partial charge in [0, 0.05) is 13.5 Å². The number of hydrogen-bond acceptors (Lipinski definition) is 7. The molecule has 1 aliphatic heterocycles. The van der Waals surface area contributed by atoms with E-state index in [0.29, 0.717) is 12.1 Å². The highest BCUT2D eigenvalue weighted by Crippen LogP contribution is 2.41. The van der Waals surface area contributed by atoms with Gasteiger partial charge in [0.2, 0.25) is 0 Å². The summed E-state index contributed by atoms with van der Waals surface area (Å²) in [6.45, 7) is 2.96. The molecule has 1 heterocycles. The first-order valence-electron chi connectivity index (χ1n) is 11.8. The first-order valence-corrected chi connectivity index (χ1v) is 11.8. The maximum Gasteiger partial charge on any atom is 0.456 e. The number of para-hydroxylation sites is 2. The van der Waals surface area contributed by atoms with E-state index in [9.17, 15) is 29.5 Å². The molecule has 0 bridgehead atoms. The molecule has 0 radical (unpaired) electrons. The normalized spacial score (nSPS) is 21.3. The lowest BCUT2D eigenvalue weighted by molar-refractivity contribution is -0.720. The van der Waals surface area contributed by atoms with E-state index in [1.165, 1.54) is 38.2 Å². The van der Waals surface area contributed by atoms with Gasteiger partial charge in [0.25, 0.3) is 0 Å². The summed E-state index contributed by atoms with van der Waals surface area (Å²) in [6.07, 6.45) is 2.66. The number of quaternary nitrogens is 1. The lowest BCUT2D eigenvalue weighted by Crippen LogP contribution is -2.63. The summed E-state index contributed by atoms with van der Waals surface area (Å²) in [5.41, 5.74) is -1.37. The maximum atomic E-state index is 14.3. The number of imide groups is 1. The second-order valence-electron chi connectivity index (χ2n) is 9.12. The summed E-state index contributed by atoms with van der Waals surface area (Å²) >= 11 is 0. The summed E-state index contributed by atoms with van der Waals surface area (Å²) in [7, 11) is 1.25. The first-order chi connectivity index (χ1) is 17.1. The molecule has 192 valence electrons. The fraction of sp³-hybridized carbons (Fsp3) is 0.385. The third kappa shape index (κ3) is 5.09. The van der Waals surface area contributed by atoms with E-state index in [4.69, 9.17) is 4.74 Å². The van der Waals surface area contributed by atoms with E-state index < -0.39 is 34.0 Å². The van der Waals surface area contributed by atoms with Crippen LogP contribution in [0.2, 0.25) is 0 Å². The summed E-state index contributed by atoms with van der Waals surface area (Å²) in [5.74, 6) is -2.76. The third-order valence-corrected chi connectivity index (χ3v) is 6.26. The topological polar surface area (TPSA) is 127 Å². The number of carboxylic acid groups (broad SMARTS) is 1. The molecule has 2 aromatic rings. The van der Waals surface area contributed by atoms with E-state index in [-0.39, 0.29) is 30.8 Å². The van der Waals surface area contributed by atoms with Crippen LogP contribution in [0, 0.1) is 10.6 Å². The van der Waals surface area contributed by atoms with Crippen molar-refractivity contribution in [3.05, 3.63) is 65.4 Å². The number of urea groups is 1. The number of esters is 1. The van der Waals surface area contributed by atoms with Gasteiger partial charge in [-0.15, -0.1) is 4.76 Å². The van der Waals surface area contributed by atoms with Gasteiger partial charge in [0.05, 0.1) is 23.5 Å². The van der Waals surface area contributed by atoms with Gasteiger partial charge in [0.15, 0.2) is 0 Å². The molecule has 10 heteroatoms. The maximum absolute atomic E-state index is 14.3. The number of benzene rings is 2. The van der Waals surface area contributed by atoms with Crippen LogP contribution < -0.4 is 9.91 Å². The molecule has 0 aliphatic carbocycles. The molecule has 0 saturated carbocycles. The van der Waals surface area contributed by atoms with Gasteiger partial charge in [-0.05, 0) is 37.6 Å². The van der Waals surface area contributed by atoms with Gasteiger partial charge in [-0.1, -0.05) is 50.1 Å². The molecule has 1 saturated heterocycles. The van der Waals surface area contributed by atoms with Crippen molar-refractivity contribution in [2.24, 2.45) is 5.41 Å². The number of rotatable bonds is 9. The fourth-order valence-corrected chi connectivity index (χ4v) is 4.21. The predicted molar refractivity (Wildman–Crippen MR) is 133 cm³/mol. The van der Waals surface area contributed by atoms with Crippen molar-refractivity contribution < 1.29 is 33.8 Å². The molecule has 2 unspecified atom stereocenters. The van der Waals surface area contributed by atoms with Gasteiger partial charge in [-0.3, -0.25) is 9.69 Å². The van der Waals surface area contributed by atoms with Crippen molar-refractivity contribution in [1.82, 2.24) is 0 Å². The van der Waals surface area contributed by atoms with Gasteiger partial charge >= 0.3 is 23.9 Å². The number of carboxylic acids is 1. The molecule has 1 N–H and O–H groups in total. The first kappa shape index (κ1) is 26.8. The number of carbonyl (C=O) groups excluding carboxylic acids is 3. The summed E-state index contributed by atoms with van der Waals surface area (Å²) in [5, 5.41) is 24.9. The summed E-state index contributed by atoms with van der Waals surface area (Å²) < 4.78 is 3.35. The predicted octanol–water partition coefficient (Wildman–Crippen LogP) is 4.35. The zero-order valence-corrected chi connectivity index (χ0v) is 20.7. The zero-order valence-electron chi connectivity index (χ0n) is 20.7. The Hall–Kier alpha value is -3.76. The third-order valence-electron chi connectivity index (χ3n) is 6.26. The van der Waals surface area contributed by atoms with Gasteiger partial charge in [0.1, 0.15) is 12.0 Å². The second-order valence-corrected chi connectivity index (χ2v) is 9.12. The SMILES string of the molecule is CCCCCC(=O)OCC1(C)CN(c2ccccc2)[N+]([O-])(C(=O)N(C)c2ccccc2C(=O)O)C1=O. The minimum Gasteiger partial charge on any atom is -0.590 e. The summed E-state index contributed by atoms with van der Waals surface area (Å²) in [6, 6.07) is 12.8. The molecule has 1 aliphatic rings. The molecule has 0 spiro atoms. The average molecular weight is 498 g/mol. The molecule has 3 amide bonds. The van der Waals surface area contributed by atoms with E-state index in [1.807, 2.05) is 6.92 Å².